The van der Waals surface area contributed by atoms with Crippen LogP contribution in [-0.4, -0.2) is 47.4 Å². The summed E-state index contributed by atoms with van der Waals surface area (Å²) in [7, 11) is 3.05. The number of nitrogens with one attached hydrogen (secondary N) is 1. The molecule has 2 N–H and O–H groups in total. The molecule has 0 aliphatic carbocycles. The fraction of sp³-hybridized carbons (Fsp3) is 0.240. The van der Waals surface area contributed by atoms with Gasteiger partial charge in [0.05, 0.1) is 32.4 Å². The van der Waals surface area contributed by atoms with Crippen LogP contribution in [0.2, 0.25) is 5.02 Å². The molecule has 0 radical (unpaired) electrons. The van der Waals surface area contributed by atoms with Crippen molar-refractivity contribution in [2.45, 2.75) is 19.0 Å². The number of rotatable bonds is 8. The topological polar surface area (TPSA) is 95.7 Å². The van der Waals surface area contributed by atoms with Gasteiger partial charge in [0.1, 0.15) is 29.7 Å². The Labute approximate surface area is 202 Å². The highest BCUT2D eigenvalue weighted by molar-refractivity contribution is 6.46. The molecule has 1 unspecified atom stereocenters. The van der Waals surface area contributed by atoms with Crippen LogP contribution in [0.25, 0.3) is 5.76 Å². The second kappa shape index (κ2) is 10.0. The average Bonchev–Trinajstić information content (AvgIpc) is 3.46. The summed E-state index contributed by atoms with van der Waals surface area (Å²) in [6.07, 6.45) is 6.10. The van der Waals surface area contributed by atoms with Crippen molar-refractivity contribution in [1.82, 2.24) is 9.88 Å². The Morgan fingerprint density at radius 2 is 1.91 bits per heavy atom. The number of likely N-dealkylation sites (tertiary alicyclic amines) is 1. The van der Waals surface area contributed by atoms with E-state index in [4.69, 9.17) is 21.1 Å². The molecule has 1 aromatic heterocycles. The van der Waals surface area contributed by atoms with Gasteiger partial charge in [0.25, 0.3) is 11.7 Å². The van der Waals surface area contributed by atoms with Crippen LogP contribution in [0, 0.1) is 0 Å². The summed E-state index contributed by atoms with van der Waals surface area (Å²) in [5, 5.41) is 11.7. The third kappa shape index (κ3) is 4.49. The van der Waals surface area contributed by atoms with E-state index < -0.39 is 17.7 Å². The number of aliphatic hydroxyl groups excluding tert-OH is 1. The third-order valence-electron chi connectivity index (χ3n) is 5.81. The van der Waals surface area contributed by atoms with E-state index in [0.29, 0.717) is 47.2 Å². The minimum atomic E-state index is -0.850. The standard InChI is InChI=1S/C25H24ClN3O5/c1-33-18-8-9-20(34-2)19(14-18)22-21(23(30)16-4-6-17(26)7-5-16)24(31)25(32)29(22)12-3-11-28-13-10-27-15-28/h4-10,13-15,22H,3,11-12H2,1-2H3,(H,30,31)/p+1. The van der Waals surface area contributed by atoms with E-state index in [0.717, 1.165) is 0 Å². The van der Waals surface area contributed by atoms with E-state index in [1.165, 1.54) is 19.1 Å². The second-order valence-electron chi connectivity index (χ2n) is 7.81. The summed E-state index contributed by atoms with van der Waals surface area (Å²) in [5.74, 6) is -0.691. The average molecular weight is 483 g/mol. The fourth-order valence-electron chi connectivity index (χ4n) is 4.13. The fourth-order valence-corrected chi connectivity index (χ4v) is 4.26. The Morgan fingerprint density at radius 3 is 2.56 bits per heavy atom. The molecule has 2 heterocycles. The first-order valence-corrected chi connectivity index (χ1v) is 11.1. The smallest absolute Gasteiger partial charge is 0.295 e. The van der Waals surface area contributed by atoms with Gasteiger partial charge in [-0.3, -0.25) is 14.6 Å². The Bertz CT molecular complexity index is 1220. The van der Waals surface area contributed by atoms with Crippen LogP contribution in [0.5, 0.6) is 11.5 Å². The molecule has 1 atom stereocenters. The SMILES string of the molecule is COc1ccc(OC)c(C2C(=C(O)c3ccc(Cl)cc3)C(=O)C(=O)N2CCC[n+]2cc[nH]c2)c1. The molecule has 1 aliphatic rings. The molecule has 8 nitrogen and oxygen atoms in total. The Hall–Kier alpha value is -3.78. The van der Waals surface area contributed by atoms with E-state index in [9.17, 15) is 14.7 Å². The number of carbonyl (C=O) groups is 2. The van der Waals surface area contributed by atoms with E-state index in [-0.39, 0.29) is 11.3 Å². The molecule has 176 valence electrons. The summed E-state index contributed by atoms with van der Waals surface area (Å²) in [5.41, 5.74) is 0.927. The zero-order valence-electron chi connectivity index (χ0n) is 18.8. The molecule has 34 heavy (non-hydrogen) atoms. The van der Waals surface area contributed by atoms with Crippen LogP contribution in [0.4, 0.5) is 0 Å². The summed E-state index contributed by atoms with van der Waals surface area (Å²) in [6, 6.07) is 10.8. The van der Waals surface area contributed by atoms with Crippen LogP contribution >= 0.6 is 11.6 Å². The molecule has 1 aliphatic heterocycles. The number of carbonyl (C=O) groups excluding carboxylic acids is 2. The van der Waals surface area contributed by atoms with Gasteiger partial charge in [-0.05, 0) is 42.5 Å². The van der Waals surface area contributed by atoms with Gasteiger partial charge in [0.2, 0.25) is 6.33 Å². The van der Waals surface area contributed by atoms with Crippen LogP contribution in [0.15, 0.2) is 66.8 Å². The molecule has 0 spiro atoms. The van der Waals surface area contributed by atoms with Gasteiger partial charge in [-0.15, -0.1) is 0 Å². The number of aromatic nitrogens is 2. The molecule has 0 bridgehead atoms. The van der Waals surface area contributed by atoms with Gasteiger partial charge < -0.3 is 19.5 Å². The van der Waals surface area contributed by atoms with Crippen molar-refractivity contribution in [3.05, 3.63) is 82.9 Å². The van der Waals surface area contributed by atoms with E-state index in [1.54, 1.807) is 48.7 Å². The molecule has 9 heteroatoms. The number of aryl methyl sites for hydroxylation is 1. The van der Waals surface area contributed by atoms with Crippen LogP contribution in [0.3, 0.4) is 0 Å². The van der Waals surface area contributed by atoms with Crippen molar-refractivity contribution in [2.24, 2.45) is 0 Å². The van der Waals surface area contributed by atoms with Gasteiger partial charge >= 0.3 is 0 Å². The van der Waals surface area contributed by atoms with Gasteiger partial charge in [0, 0.05) is 29.1 Å². The molecule has 3 aromatic rings. The number of hydrogen-bond donors (Lipinski definition) is 2. The number of H-pyrrole nitrogens is 1. The number of methoxy groups -OCH3 is 2. The minimum Gasteiger partial charge on any atom is -0.507 e. The van der Waals surface area contributed by atoms with Crippen LogP contribution < -0.4 is 14.0 Å². The summed E-state index contributed by atoms with van der Waals surface area (Å²) >= 11 is 5.99. The number of halogens is 1. The molecular formula is C25H25ClN3O5+. The highest BCUT2D eigenvalue weighted by Crippen LogP contribution is 2.44. The largest absolute Gasteiger partial charge is 0.507 e. The van der Waals surface area contributed by atoms with Gasteiger partial charge in [-0.2, -0.15) is 0 Å². The van der Waals surface area contributed by atoms with Crippen molar-refractivity contribution in [1.29, 1.82) is 0 Å². The van der Waals surface area contributed by atoms with Crippen LogP contribution in [0.1, 0.15) is 23.6 Å². The van der Waals surface area contributed by atoms with Gasteiger partial charge in [-0.1, -0.05) is 11.6 Å². The molecule has 1 fully saturated rings. The molecule has 2 aromatic carbocycles. The lowest BCUT2D eigenvalue weighted by atomic mass is 9.94. The normalized spacial score (nSPS) is 17.3. The number of aliphatic hydroxyl groups is 1. The lowest BCUT2D eigenvalue weighted by molar-refractivity contribution is -0.695. The molecular weight excluding hydrogens is 458 g/mol. The van der Waals surface area contributed by atoms with Gasteiger partial charge in [0.15, 0.2) is 0 Å². The lowest BCUT2D eigenvalue weighted by Crippen LogP contribution is -2.36. The first-order valence-electron chi connectivity index (χ1n) is 10.7. The third-order valence-corrected chi connectivity index (χ3v) is 6.06. The first-order chi connectivity index (χ1) is 16.4. The highest BCUT2D eigenvalue weighted by Gasteiger charge is 2.47. The maximum Gasteiger partial charge on any atom is 0.295 e. The van der Waals surface area contributed by atoms with Crippen molar-refractivity contribution in [3.63, 3.8) is 0 Å². The van der Waals surface area contributed by atoms with Crippen molar-refractivity contribution in [2.75, 3.05) is 20.8 Å². The van der Waals surface area contributed by atoms with E-state index >= 15 is 0 Å². The van der Waals surface area contributed by atoms with E-state index in [1.807, 2.05) is 17.1 Å². The molecule has 1 amide bonds. The maximum absolute atomic E-state index is 13.2. The number of amides is 1. The first kappa shape index (κ1) is 23.4. The van der Waals surface area contributed by atoms with E-state index in [2.05, 4.69) is 4.98 Å². The Balaban J connectivity index is 1.81. The van der Waals surface area contributed by atoms with Crippen molar-refractivity contribution in [3.8, 4) is 11.5 Å². The number of ketones is 1. The number of aromatic amines is 1. The number of ether oxygens (including phenoxy) is 2. The number of benzene rings is 2. The monoisotopic (exact) mass is 482 g/mol. The zero-order chi connectivity index (χ0) is 24.2. The number of Topliss-reactive ketones (excluding diaryl/α,β-unsaturated/α-hetero) is 1. The van der Waals surface area contributed by atoms with Crippen LogP contribution in [-0.2, 0) is 16.1 Å². The highest BCUT2D eigenvalue weighted by atomic mass is 35.5. The quantitative estimate of drug-likeness (QED) is 0.222. The lowest BCUT2D eigenvalue weighted by Gasteiger charge is -2.26. The predicted molar refractivity (Wildman–Crippen MR) is 126 cm³/mol. The Morgan fingerprint density at radius 1 is 1.15 bits per heavy atom. The Kier molecular flexibility index (Phi) is 6.88. The predicted octanol–water partition coefficient (Wildman–Crippen LogP) is 3.48. The molecule has 0 saturated carbocycles. The van der Waals surface area contributed by atoms with Crippen molar-refractivity contribution < 1.29 is 28.7 Å². The number of hydrogen-bond acceptors (Lipinski definition) is 5. The number of nitrogens with zero attached hydrogens (tertiary/aromatic N) is 2. The number of imidazole rings is 1. The second-order valence-corrected chi connectivity index (χ2v) is 8.25. The zero-order valence-corrected chi connectivity index (χ0v) is 19.6. The summed E-state index contributed by atoms with van der Waals surface area (Å²) in [4.78, 5) is 30.8. The van der Waals surface area contributed by atoms with Gasteiger partial charge in [-0.25, -0.2) is 4.57 Å². The minimum absolute atomic E-state index is 0.00632. The summed E-state index contributed by atoms with van der Waals surface area (Å²) in [6.45, 7) is 0.941. The maximum atomic E-state index is 13.2. The molecule has 1 saturated heterocycles. The summed E-state index contributed by atoms with van der Waals surface area (Å²) < 4.78 is 12.9. The molecule has 4 rings (SSSR count). The van der Waals surface area contributed by atoms with Crippen molar-refractivity contribution >= 4 is 29.1 Å².